The largest absolute Gasteiger partial charge is 0.478 e. The Morgan fingerprint density at radius 3 is 2.74 bits per heavy atom. The molecule has 1 aromatic heterocycles. The van der Waals surface area contributed by atoms with E-state index in [1.807, 2.05) is 0 Å². The first-order valence-corrected chi connectivity index (χ1v) is 5.59. The molecule has 98 valence electrons. The first-order valence-electron chi connectivity index (χ1n) is 4.82. The van der Waals surface area contributed by atoms with Gasteiger partial charge in [-0.05, 0) is 23.4 Å². The molecule has 10 heteroatoms. The second kappa shape index (κ2) is 5.35. The number of hydrogen-bond donors (Lipinski definition) is 3. The molecule has 2 rings (SSSR count). The van der Waals surface area contributed by atoms with Crippen molar-refractivity contribution < 1.29 is 19.1 Å². The van der Waals surface area contributed by atoms with E-state index in [-0.39, 0.29) is 16.4 Å². The van der Waals surface area contributed by atoms with E-state index < -0.39 is 17.8 Å². The molecule has 0 saturated heterocycles. The monoisotopic (exact) mass is 283 g/mol. The number of anilines is 2. The molecule has 0 aliphatic carbocycles. The van der Waals surface area contributed by atoms with Crippen molar-refractivity contribution in [3.8, 4) is 0 Å². The third kappa shape index (κ3) is 3.19. The molecule has 3 N–H and O–H groups in total. The Labute approximate surface area is 109 Å². The number of amides is 2. The van der Waals surface area contributed by atoms with Crippen molar-refractivity contribution in [3.63, 3.8) is 0 Å². The van der Waals surface area contributed by atoms with Crippen LogP contribution < -0.4 is 10.6 Å². The van der Waals surface area contributed by atoms with Crippen LogP contribution >= 0.6 is 11.5 Å². The number of carboxylic acid groups (broad SMARTS) is 1. The summed E-state index contributed by atoms with van der Waals surface area (Å²) in [6, 6.07) is 2.18. The number of aromatic carboxylic acids is 1. The van der Waals surface area contributed by atoms with Gasteiger partial charge in [0.2, 0.25) is 5.13 Å². The molecule has 0 unspecified atom stereocenters. The maximum atomic E-state index is 13.0. The molecule has 0 bridgehead atoms. The Morgan fingerprint density at radius 2 is 2.11 bits per heavy atom. The van der Waals surface area contributed by atoms with Gasteiger partial charge in [0.25, 0.3) is 0 Å². The Morgan fingerprint density at radius 1 is 1.32 bits per heavy atom. The van der Waals surface area contributed by atoms with E-state index in [0.29, 0.717) is 0 Å². The van der Waals surface area contributed by atoms with E-state index in [2.05, 4.69) is 25.4 Å². The fourth-order valence-corrected chi connectivity index (χ4v) is 1.60. The fourth-order valence-electron chi connectivity index (χ4n) is 1.24. The molecular formula is C9H6FN5O3S. The van der Waals surface area contributed by atoms with Gasteiger partial charge in [0.05, 0.1) is 11.3 Å². The molecule has 1 aromatic carbocycles. The van der Waals surface area contributed by atoms with Gasteiger partial charge in [-0.15, -0.1) is 0 Å². The Balaban J connectivity index is 2.16. The predicted molar refractivity (Wildman–Crippen MR) is 63.7 cm³/mol. The van der Waals surface area contributed by atoms with Gasteiger partial charge in [-0.25, -0.2) is 14.0 Å². The van der Waals surface area contributed by atoms with Gasteiger partial charge >= 0.3 is 12.0 Å². The summed E-state index contributed by atoms with van der Waals surface area (Å²) in [5.41, 5.74) is -0.394. The van der Waals surface area contributed by atoms with Gasteiger partial charge in [0.1, 0.15) is 5.82 Å². The molecule has 0 aliphatic heterocycles. The molecule has 0 fully saturated rings. The molecule has 2 amide bonds. The predicted octanol–water partition coefficient (Wildman–Crippen LogP) is 1.41. The molecule has 0 saturated carbocycles. The van der Waals surface area contributed by atoms with Crippen LogP contribution in [0.15, 0.2) is 18.2 Å². The number of benzene rings is 1. The number of carbonyl (C=O) groups is 2. The lowest BCUT2D eigenvalue weighted by Crippen LogP contribution is -2.21. The fraction of sp³-hybridized carbons (Fsp3) is 0. The van der Waals surface area contributed by atoms with E-state index >= 15 is 0 Å². The SMILES string of the molecule is O=C(Nc1nnns1)Nc1cc(F)ccc1C(=O)O. The highest BCUT2D eigenvalue weighted by atomic mass is 32.1. The lowest BCUT2D eigenvalue weighted by molar-refractivity contribution is 0.0698. The van der Waals surface area contributed by atoms with Crippen molar-refractivity contribution in [2.45, 2.75) is 0 Å². The molecule has 0 aliphatic rings. The van der Waals surface area contributed by atoms with Crippen LogP contribution in [0.4, 0.5) is 20.0 Å². The number of carbonyl (C=O) groups excluding carboxylic acids is 1. The van der Waals surface area contributed by atoms with Gasteiger partial charge in [-0.2, -0.15) is 0 Å². The standard InChI is InChI=1S/C9H6FN5O3S/c10-4-1-2-5(7(16)17)6(3-4)11-8(18)12-9-13-14-15-19-9/h1-3H,(H,16,17)(H2,11,12,13,15,18). The molecule has 0 radical (unpaired) electrons. The van der Waals surface area contributed by atoms with Gasteiger partial charge in [-0.3, -0.25) is 5.32 Å². The van der Waals surface area contributed by atoms with Crippen molar-refractivity contribution in [2.75, 3.05) is 10.6 Å². The minimum atomic E-state index is -1.28. The smallest absolute Gasteiger partial charge is 0.337 e. The third-order valence-corrected chi connectivity index (χ3v) is 2.49. The highest BCUT2D eigenvalue weighted by Crippen LogP contribution is 2.17. The van der Waals surface area contributed by atoms with Crippen LogP contribution in [0, 0.1) is 5.82 Å². The molecular weight excluding hydrogens is 277 g/mol. The molecule has 2 aromatic rings. The first-order chi connectivity index (χ1) is 9.06. The molecule has 0 spiro atoms. The number of carboxylic acids is 1. The summed E-state index contributed by atoms with van der Waals surface area (Å²) in [4.78, 5) is 22.4. The second-order valence-corrected chi connectivity index (χ2v) is 3.97. The van der Waals surface area contributed by atoms with Crippen molar-refractivity contribution in [1.29, 1.82) is 0 Å². The van der Waals surface area contributed by atoms with Gasteiger partial charge in [-0.1, -0.05) is 9.59 Å². The van der Waals surface area contributed by atoms with E-state index in [0.717, 1.165) is 29.7 Å². The van der Waals surface area contributed by atoms with E-state index in [4.69, 9.17) is 5.11 Å². The molecule has 8 nitrogen and oxygen atoms in total. The van der Waals surface area contributed by atoms with Crippen LogP contribution in [0.3, 0.4) is 0 Å². The Hall–Kier alpha value is -2.62. The number of nitrogens with one attached hydrogen (secondary N) is 2. The first kappa shape index (κ1) is 12.8. The maximum absolute atomic E-state index is 13.0. The highest BCUT2D eigenvalue weighted by Gasteiger charge is 2.14. The zero-order valence-electron chi connectivity index (χ0n) is 9.12. The van der Waals surface area contributed by atoms with Crippen molar-refractivity contribution in [2.24, 2.45) is 0 Å². The van der Waals surface area contributed by atoms with Crippen LogP contribution in [0.5, 0.6) is 0 Å². The van der Waals surface area contributed by atoms with Crippen molar-refractivity contribution in [3.05, 3.63) is 29.6 Å². The van der Waals surface area contributed by atoms with Gasteiger partial charge < -0.3 is 10.4 Å². The van der Waals surface area contributed by atoms with Crippen LogP contribution in [-0.4, -0.2) is 31.9 Å². The van der Waals surface area contributed by atoms with E-state index in [1.165, 1.54) is 0 Å². The number of urea groups is 1. The van der Waals surface area contributed by atoms with E-state index in [1.54, 1.807) is 0 Å². The Kier molecular flexibility index (Phi) is 3.61. The number of aromatic nitrogens is 3. The molecule has 19 heavy (non-hydrogen) atoms. The van der Waals surface area contributed by atoms with Crippen molar-refractivity contribution in [1.82, 2.24) is 14.8 Å². The average molecular weight is 283 g/mol. The third-order valence-electron chi connectivity index (χ3n) is 1.98. The molecule has 0 atom stereocenters. The molecule has 1 heterocycles. The average Bonchev–Trinajstić information content (AvgIpc) is 2.81. The summed E-state index contributed by atoms with van der Waals surface area (Å²) in [5, 5.41) is 20.2. The summed E-state index contributed by atoms with van der Waals surface area (Å²) >= 11 is 0.841. The maximum Gasteiger partial charge on any atom is 0.337 e. The summed E-state index contributed by atoms with van der Waals surface area (Å²) in [6.07, 6.45) is 0. The quantitative estimate of drug-likeness (QED) is 0.784. The topological polar surface area (TPSA) is 117 Å². The number of hydrogen-bond acceptors (Lipinski definition) is 6. The number of halogens is 1. The zero-order chi connectivity index (χ0) is 13.8. The normalized spacial score (nSPS) is 9.95. The van der Waals surface area contributed by atoms with E-state index in [9.17, 15) is 14.0 Å². The lowest BCUT2D eigenvalue weighted by atomic mass is 10.2. The minimum absolute atomic E-state index is 0.130. The van der Waals surface area contributed by atoms with Crippen LogP contribution in [-0.2, 0) is 0 Å². The highest BCUT2D eigenvalue weighted by molar-refractivity contribution is 7.09. The number of rotatable bonds is 3. The second-order valence-electron chi connectivity index (χ2n) is 3.24. The summed E-state index contributed by atoms with van der Waals surface area (Å²) in [7, 11) is 0. The summed E-state index contributed by atoms with van der Waals surface area (Å²) < 4.78 is 16.5. The van der Waals surface area contributed by atoms with Gasteiger partial charge in [0, 0.05) is 11.5 Å². The summed E-state index contributed by atoms with van der Waals surface area (Å²) in [6.45, 7) is 0. The number of nitrogens with zero attached hydrogens (tertiary/aromatic N) is 3. The minimum Gasteiger partial charge on any atom is -0.478 e. The van der Waals surface area contributed by atoms with Crippen LogP contribution in [0.2, 0.25) is 0 Å². The Bertz CT molecular complexity index is 618. The van der Waals surface area contributed by atoms with Gasteiger partial charge in [0.15, 0.2) is 0 Å². The van der Waals surface area contributed by atoms with Crippen LogP contribution in [0.25, 0.3) is 0 Å². The van der Waals surface area contributed by atoms with Crippen molar-refractivity contribution >= 4 is 34.4 Å². The lowest BCUT2D eigenvalue weighted by Gasteiger charge is -2.08. The van der Waals surface area contributed by atoms with Crippen LogP contribution in [0.1, 0.15) is 10.4 Å². The summed E-state index contributed by atoms with van der Waals surface area (Å²) in [5.74, 6) is -1.95. The zero-order valence-corrected chi connectivity index (χ0v) is 9.94.